The quantitative estimate of drug-likeness (QED) is 0.817. The fraction of sp³-hybridized carbons (Fsp3) is 0.684. The lowest BCUT2D eigenvalue weighted by Crippen LogP contribution is -2.41. The summed E-state index contributed by atoms with van der Waals surface area (Å²) in [4.78, 5) is 0. The van der Waals surface area contributed by atoms with E-state index in [0.717, 1.165) is 17.9 Å². The number of hydrogen-bond donors (Lipinski definition) is 1. The third-order valence-corrected chi connectivity index (χ3v) is 5.07. The maximum Gasteiger partial charge on any atom is 0.00722 e. The van der Waals surface area contributed by atoms with E-state index in [4.69, 9.17) is 0 Å². The van der Waals surface area contributed by atoms with Gasteiger partial charge in [-0.15, -0.1) is 0 Å². The normalized spacial score (nSPS) is 28.3. The largest absolute Gasteiger partial charge is 0.311 e. The highest BCUT2D eigenvalue weighted by molar-refractivity contribution is 5.22. The number of aryl methyl sites for hydroxylation is 2. The topological polar surface area (TPSA) is 12.0 Å². The van der Waals surface area contributed by atoms with Gasteiger partial charge in [0.2, 0.25) is 0 Å². The van der Waals surface area contributed by atoms with Gasteiger partial charge in [0.25, 0.3) is 0 Å². The van der Waals surface area contributed by atoms with Crippen LogP contribution in [-0.4, -0.2) is 12.1 Å². The Bertz CT molecular complexity index is 412. The minimum atomic E-state index is 0.626. The highest BCUT2D eigenvalue weighted by atomic mass is 14.9. The molecule has 0 spiro atoms. The summed E-state index contributed by atoms with van der Waals surface area (Å²) in [6, 6.07) is 10.3. The Hall–Kier alpha value is -0.820. The molecule has 1 aliphatic carbocycles. The van der Waals surface area contributed by atoms with E-state index in [1.54, 1.807) is 0 Å². The van der Waals surface area contributed by atoms with Crippen LogP contribution in [0.2, 0.25) is 0 Å². The molecule has 0 aromatic heterocycles. The molecule has 0 amide bonds. The highest BCUT2D eigenvalue weighted by Gasteiger charge is 2.24. The van der Waals surface area contributed by atoms with Gasteiger partial charge < -0.3 is 5.32 Å². The SMILES string of the molecule is Cc1cccc(CCC(C)NC2CCC(C)C(C)C2)c1. The van der Waals surface area contributed by atoms with E-state index < -0.39 is 0 Å². The van der Waals surface area contributed by atoms with Gasteiger partial charge >= 0.3 is 0 Å². The molecule has 1 aliphatic rings. The molecule has 1 aromatic carbocycles. The van der Waals surface area contributed by atoms with Gasteiger partial charge in [0.15, 0.2) is 0 Å². The van der Waals surface area contributed by atoms with E-state index in [2.05, 4.69) is 57.3 Å². The third kappa shape index (κ3) is 4.63. The van der Waals surface area contributed by atoms with Crippen molar-refractivity contribution in [3.8, 4) is 0 Å². The Labute approximate surface area is 125 Å². The Morgan fingerprint density at radius 3 is 2.70 bits per heavy atom. The molecule has 1 nitrogen and oxygen atoms in total. The van der Waals surface area contributed by atoms with Gasteiger partial charge in [0, 0.05) is 12.1 Å². The van der Waals surface area contributed by atoms with E-state index in [-0.39, 0.29) is 0 Å². The van der Waals surface area contributed by atoms with Crippen LogP contribution in [0.25, 0.3) is 0 Å². The molecule has 0 saturated heterocycles. The summed E-state index contributed by atoms with van der Waals surface area (Å²) in [6.07, 6.45) is 6.54. The van der Waals surface area contributed by atoms with E-state index in [1.165, 1.54) is 43.2 Å². The minimum absolute atomic E-state index is 0.626. The first-order chi connectivity index (χ1) is 9.54. The fourth-order valence-corrected chi connectivity index (χ4v) is 3.44. The van der Waals surface area contributed by atoms with Crippen LogP contribution in [0.15, 0.2) is 24.3 Å². The molecule has 2 rings (SSSR count). The fourth-order valence-electron chi connectivity index (χ4n) is 3.44. The number of nitrogens with one attached hydrogen (secondary N) is 1. The predicted molar refractivity (Wildman–Crippen MR) is 88.1 cm³/mol. The minimum Gasteiger partial charge on any atom is -0.311 e. The van der Waals surface area contributed by atoms with Gasteiger partial charge in [-0.2, -0.15) is 0 Å². The van der Waals surface area contributed by atoms with Crippen LogP contribution < -0.4 is 5.32 Å². The molecule has 0 aliphatic heterocycles. The summed E-state index contributed by atoms with van der Waals surface area (Å²) in [6.45, 7) is 9.34. The summed E-state index contributed by atoms with van der Waals surface area (Å²) < 4.78 is 0. The zero-order valence-electron chi connectivity index (χ0n) is 13.7. The zero-order valence-corrected chi connectivity index (χ0v) is 13.7. The molecule has 4 unspecified atom stereocenters. The standard InChI is InChI=1S/C19H31N/c1-14-6-5-7-18(12-14)10-9-17(4)20-19-11-8-15(2)16(3)13-19/h5-7,12,15-17,19-20H,8-11,13H2,1-4H3. The summed E-state index contributed by atoms with van der Waals surface area (Å²) in [5.74, 6) is 1.79. The van der Waals surface area contributed by atoms with E-state index in [0.29, 0.717) is 6.04 Å². The molecule has 1 fully saturated rings. The van der Waals surface area contributed by atoms with Crippen molar-refractivity contribution in [2.45, 2.75) is 71.9 Å². The van der Waals surface area contributed by atoms with Crippen molar-refractivity contribution in [2.75, 3.05) is 0 Å². The molecule has 0 heterocycles. The zero-order chi connectivity index (χ0) is 14.5. The second-order valence-corrected chi connectivity index (χ2v) is 7.06. The van der Waals surface area contributed by atoms with Crippen molar-refractivity contribution in [3.05, 3.63) is 35.4 Å². The van der Waals surface area contributed by atoms with Crippen LogP contribution in [0.5, 0.6) is 0 Å². The predicted octanol–water partition coefficient (Wildman–Crippen LogP) is 4.73. The van der Waals surface area contributed by atoms with E-state index in [9.17, 15) is 0 Å². The van der Waals surface area contributed by atoms with Crippen molar-refractivity contribution in [1.82, 2.24) is 5.32 Å². The van der Waals surface area contributed by atoms with Crippen LogP contribution in [0, 0.1) is 18.8 Å². The Kier molecular flexibility index (Phi) is 5.65. The second kappa shape index (κ2) is 7.26. The lowest BCUT2D eigenvalue weighted by molar-refractivity contribution is 0.215. The second-order valence-electron chi connectivity index (χ2n) is 7.06. The van der Waals surface area contributed by atoms with Gasteiger partial charge in [-0.25, -0.2) is 0 Å². The first kappa shape index (κ1) is 15.6. The van der Waals surface area contributed by atoms with E-state index >= 15 is 0 Å². The van der Waals surface area contributed by atoms with Crippen molar-refractivity contribution in [3.63, 3.8) is 0 Å². The van der Waals surface area contributed by atoms with Crippen molar-refractivity contribution >= 4 is 0 Å². The van der Waals surface area contributed by atoms with Crippen LogP contribution >= 0.6 is 0 Å². The molecular formula is C19H31N. The van der Waals surface area contributed by atoms with Crippen LogP contribution in [0.4, 0.5) is 0 Å². The van der Waals surface area contributed by atoms with Crippen LogP contribution in [0.1, 0.15) is 57.6 Å². The van der Waals surface area contributed by atoms with Crippen molar-refractivity contribution in [1.29, 1.82) is 0 Å². The molecule has 0 bridgehead atoms. The molecule has 20 heavy (non-hydrogen) atoms. The molecule has 1 aromatic rings. The monoisotopic (exact) mass is 273 g/mol. The molecule has 1 saturated carbocycles. The lowest BCUT2D eigenvalue weighted by Gasteiger charge is -2.34. The summed E-state index contributed by atoms with van der Waals surface area (Å²) in [5, 5.41) is 3.85. The molecular weight excluding hydrogens is 242 g/mol. The van der Waals surface area contributed by atoms with Crippen LogP contribution in [-0.2, 0) is 6.42 Å². The van der Waals surface area contributed by atoms with Gasteiger partial charge in [-0.1, -0.05) is 43.7 Å². The smallest absolute Gasteiger partial charge is 0.00722 e. The first-order valence-corrected chi connectivity index (χ1v) is 8.36. The molecule has 1 heteroatoms. The van der Waals surface area contributed by atoms with Crippen molar-refractivity contribution < 1.29 is 0 Å². The maximum atomic E-state index is 3.85. The summed E-state index contributed by atoms with van der Waals surface area (Å²) in [7, 11) is 0. The van der Waals surface area contributed by atoms with Gasteiger partial charge in [-0.05, 0) is 63.4 Å². The van der Waals surface area contributed by atoms with Crippen LogP contribution in [0.3, 0.4) is 0 Å². The molecule has 0 radical (unpaired) electrons. The summed E-state index contributed by atoms with van der Waals surface area (Å²) in [5.41, 5.74) is 2.85. The van der Waals surface area contributed by atoms with Gasteiger partial charge in [0.1, 0.15) is 0 Å². The lowest BCUT2D eigenvalue weighted by atomic mass is 9.79. The maximum absolute atomic E-state index is 3.85. The summed E-state index contributed by atoms with van der Waals surface area (Å²) >= 11 is 0. The average molecular weight is 273 g/mol. The first-order valence-electron chi connectivity index (χ1n) is 8.36. The average Bonchev–Trinajstić information content (AvgIpc) is 2.41. The Morgan fingerprint density at radius 2 is 2.00 bits per heavy atom. The number of hydrogen-bond acceptors (Lipinski definition) is 1. The molecule has 1 N–H and O–H groups in total. The molecule has 4 atom stereocenters. The van der Waals surface area contributed by atoms with Crippen molar-refractivity contribution in [2.24, 2.45) is 11.8 Å². The number of rotatable bonds is 5. The van der Waals surface area contributed by atoms with Gasteiger partial charge in [0.05, 0.1) is 0 Å². The van der Waals surface area contributed by atoms with Gasteiger partial charge in [-0.3, -0.25) is 0 Å². The Balaban J connectivity index is 1.74. The molecule has 112 valence electrons. The number of benzene rings is 1. The third-order valence-electron chi connectivity index (χ3n) is 5.07. The Morgan fingerprint density at radius 1 is 1.20 bits per heavy atom. The van der Waals surface area contributed by atoms with E-state index in [1.807, 2.05) is 0 Å². The highest BCUT2D eigenvalue weighted by Crippen LogP contribution is 2.29.